The summed E-state index contributed by atoms with van der Waals surface area (Å²) in [5.74, 6) is -0.202. The summed E-state index contributed by atoms with van der Waals surface area (Å²) in [5, 5.41) is 0. The summed E-state index contributed by atoms with van der Waals surface area (Å²) in [6.07, 6.45) is 1.26. The van der Waals surface area contributed by atoms with E-state index in [0.29, 0.717) is 24.3 Å². The van der Waals surface area contributed by atoms with Crippen LogP contribution in [0.2, 0.25) is 0 Å². The predicted octanol–water partition coefficient (Wildman–Crippen LogP) is 3.25. The van der Waals surface area contributed by atoms with E-state index in [9.17, 15) is 13.6 Å². The summed E-state index contributed by atoms with van der Waals surface area (Å²) < 4.78 is 33.2. The number of esters is 1. The van der Waals surface area contributed by atoms with Gasteiger partial charge in [-0.05, 0) is 36.6 Å². The van der Waals surface area contributed by atoms with Crippen LogP contribution in [0.25, 0.3) is 0 Å². The molecular weight excluding hydrogens is 266 g/mol. The third kappa shape index (κ3) is 4.49. The predicted molar refractivity (Wildman–Crippen MR) is 63.5 cm³/mol. The molecule has 0 radical (unpaired) electrons. The number of methoxy groups -OCH3 is 1. The van der Waals surface area contributed by atoms with E-state index in [1.54, 1.807) is 6.07 Å². The Morgan fingerprint density at radius 1 is 1.39 bits per heavy atom. The van der Waals surface area contributed by atoms with E-state index in [0.717, 1.165) is 0 Å². The van der Waals surface area contributed by atoms with Crippen LogP contribution in [0, 0.1) is 0 Å². The number of halogens is 3. The summed E-state index contributed by atoms with van der Waals surface area (Å²) in [6, 6.07) is 4.27. The second kappa shape index (κ2) is 7.16. The highest BCUT2D eigenvalue weighted by Crippen LogP contribution is 2.21. The number of hydrogen-bond donors (Lipinski definition) is 0. The minimum absolute atomic E-state index is 0.0579. The van der Waals surface area contributed by atoms with Crippen molar-refractivity contribution in [2.75, 3.05) is 13.0 Å². The molecule has 0 N–H and O–H groups in total. The zero-order chi connectivity index (χ0) is 13.5. The van der Waals surface area contributed by atoms with E-state index in [2.05, 4.69) is 9.47 Å². The lowest BCUT2D eigenvalue weighted by Crippen LogP contribution is -2.06. The molecule has 1 aromatic carbocycles. The summed E-state index contributed by atoms with van der Waals surface area (Å²) in [5.41, 5.74) is 0.884. The van der Waals surface area contributed by atoms with Gasteiger partial charge in [0.05, 0.1) is 12.7 Å². The first-order valence-corrected chi connectivity index (χ1v) is 5.83. The molecule has 0 bridgehead atoms. The maximum atomic E-state index is 12.2. The van der Waals surface area contributed by atoms with Gasteiger partial charge in [-0.2, -0.15) is 8.78 Å². The Morgan fingerprint density at radius 3 is 2.67 bits per heavy atom. The van der Waals surface area contributed by atoms with Crippen LogP contribution in [-0.2, 0) is 11.2 Å². The summed E-state index contributed by atoms with van der Waals surface area (Å²) in [4.78, 5) is 11.4. The lowest BCUT2D eigenvalue weighted by Gasteiger charge is -2.09. The number of rotatable bonds is 6. The molecule has 0 aliphatic heterocycles. The Morgan fingerprint density at radius 2 is 2.11 bits per heavy atom. The first-order chi connectivity index (χ1) is 8.56. The van der Waals surface area contributed by atoms with E-state index in [1.165, 1.54) is 19.2 Å². The number of carbonyl (C=O) groups excluding carboxylic acids is 1. The van der Waals surface area contributed by atoms with Gasteiger partial charge >= 0.3 is 12.6 Å². The highest BCUT2D eigenvalue weighted by Gasteiger charge is 2.12. The number of hydrogen-bond acceptors (Lipinski definition) is 3. The maximum absolute atomic E-state index is 12.2. The molecular formula is C12H13ClF2O3. The van der Waals surface area contributed by atoms with Crippen LogP contribution in [-0.4, -0.2) is 25.6 Å². The number of carbonyl (C=O) groups is 1. The fourth-order valence-corrected chi connectivity index (χ4v) is 1.62. The van der Waals surface area contributed by atoms with Gasteiger partial charge in [-0.1, -0.05) is 0 Å². The number of aryl methyl sites for hydroxylation is 1. The molecule has 0 spiro atoms. The molecule has 0 amide bonds. The van der Waals surface area contributed by atoms with Crippen molar-refractivity contribution < 1.29 is 23.0 Å². The molecule has 0 aliphatic rings. The molecule has 0 saturated carbocycles. The van der Waals surface area contributed by atoms with Gasteiger partial charge in [0, 0.05) is 5.88 Å². The van der Waals surface area contributed by atoms with Crippen LogP contribution >= 0.6 is 11.6 Å². The van der Waals surface area contributed by atoms with Gasteiger partial charge in [0.2, 0.25) is 0 Å². The first kappa shape index (κ1) is 14.7. The second-order valence-electron chi connectivity index (χ2n) is 3.53. The molecule has 0 heterocycles. The average Bonchev–Trinajstić information content (AvgIpc) is 2.34. The minimum atomic E-state index is -2.93. The van der Waals surface area contributed by atoms with Gasteiger partial charge in [0.25, 0.3) is 0 Å². The Labute approximate surface area is 109 Å². The molecule has 1 aromatic rings. The minimum Gasteiger partial charge on any atom is -0.465 e. The molecule has 0 saturated heterocycles. The second-order valence-corrected chi connectivity index (χ2v) is 3.91. The van der Waals surface area contributed by atoms with Gasteiger partial charge in [-0.3, -0.25) is 0 Å². The van der Waals surface area contributed by atoms with Gasteiger partial charge in [0.1, 0.15) is 5.75 Å². The van der Waals surface area contributed by atoms with Gasteiger partial charge in [-0.15, -0.1) is 11.6 Å². The molecule has 0 fully saturated rings. The molecule has 0 aliphatic carbocycles. The lowest BCUT2D eigenvalue weighted by atomic mass is 10.1. The van der Waals surface area contributed by atoms with Gasteiger partial charge in [0.15, 0.2) is 0 Å². The zero-order valence-corrected chi connectivity index (χ0v) is 10.5. The largest absolute Gasteiger partial charge is 0.465 e. The smallest absolute Gasteiger partial charge is 0.387 e. The van der Waals surface area contributed by atoms with Gasteiger partial charge < -0.3 is 9.47 Å². The summed E-state index contributed by atoms with van der Waals surface area (Å²) >= 11 is 5.56. The number of ether oxygens (including phenoxy) is 2. The number of benzene rings is 1. The van der Waals surface area contributed by atoms with Crippen LogP contribution in [0.5, 0.6) is 5.75 Å². The molecule has 0 unspecified atom stereocenters. The van der Waals surface area contributed by atoms with Crippen molar-refractivity contribution in [1.82, 2.24) is 0 Å². The fourth-order valence-electron chi connectivity index (χ4n) is 1.48. The van der Waals surface area contributed by atoms with Crippen molar-refractivity contribution in [2.45, 2.75) is 19.5 Å². The van der Waals surface area contributed by atoms with Crippen LogP contribution in [0.3, 0.4) is 0 Å². The molecule has 18 heavy (non-hydrogen) atoms. The maximum Gasteiger partial charge on any atom is 0.387 e. The van der Waals surface area contributed by atoms with Crippen molar-refractivity contribution in [3.63, 3.8) is 0 Å². The van der Waals surface area contributed by atoms with Crippen LogP contribution in [0.4, 0.5) is 8.78 Å². The fraction of sp³-hybridized carbons (Fsp3) is 0.417. The van der Waals surface area contributed by atoms with Crippen LogP contribution in [0.15, 0.2) is 18.2 Å². The van der Waals surface area contributed by atoms with E-state index in [1.807, 2.05) is 0 Å². The standard InChI is InChI=1S/C12H13ClF2O3/c1-17-11(16)9-5-8(3-2-4-13)6-10(7-9)18-12(14)15/h5-7,12H,2-4H2,1H3. The Bertz CT molecular complexity index is 410. The molecule has 0 aromatic heterocycles. The lowest BCUT2D eigenvalue weighted by molar-refractivity contribution is -0.0499. The Balaban J connectivity index is 2.99. The monoisotopic (exact) mass is 278 g/mol. The highest BCUT2D eigenvalue weighted by molar-refractivity contribution is 6.17. The van der Waals surface area contributed by atoms with Crippen molar-refractivity contribution in [3.8, 4) is 5.75 Å². The number of alkyl halides is 3. The third-order valence-electron chi connectivity index (χ3n) is 2.21. The normalized spacial score (nSPS) is 10.5. The molecule has 3 nitrogen and oxygen atoms in total. The molecule has 1 rings (SSSR count). The van der Waals surface area contributed by atoms with E-state index < -0.39 is 12.6 Å². The third-order valence-corrected chi connectivity index (χ3v) is 2.48. The van der Waals surface area contributed by atoms with E-state index >= 15 is 0 Å². The quantitative estimate of drug-likeness (QED) is 0.592. The Hall–Kier alpha value is -1.36. The topological polar surface area (TPSA) is 35.5 Å². The van der Waals surface area contributed by atoms with Crippen molar-refractivity contribution in [3.05, 3.63) is 29.3 Å². The van der Waals surface area contributed by atoms with Crippen LogP contribution < -0.4 is 4.74 Å². The van der Waals surface area contributed by atoms with Gasteiger partial charge in [-0.25, -0.2) is 4.79 Å². The van der Waals surface area contributed by atoms with E-state index in [-0.39, 0.29) is 11.3 Å². The van der Waals surface area contributed by atoms with Crippen LogP contribution in [0.1, 0.15) is 22.3 Å². The summed E-state index contributed by atoms with van der Waals surface area (Å²) in [6.45, 7) is -2.93. The van der Waals surface area contributed by atoms with Crippen molar-refractivity contribution >= 4 is 17.6 Å². The SMILES string of the molecule is COC(=O)c1cc(CCCCl)cc(OC(F)F)c1. The van der Waals surface area contributed by atoms with Crippen molar-refractivity contribution in [1.29, 1.82) is 0 Å². The molecule has 100 valence electrons. The Kier molecular flexibility index (Phi) is 5.85. The van der Waals surface area contributed by atoms with Crippen molar-refractivity contribution in [2.24, 2.45) is 0 Å². The van der Waals surface area contributed by atoms with E-state index in [4.69, 9.17) is 11.6 Å². The molecule has 0 atom stereocenters. The average molecular weight is 279 g/mol. The molecule has 6 heteroatoms. The summed E-state index contributed by atoms with van der Waals surface area (Å²) in [7, 11) is 1.22. The first-order valence-electron chi connectivity index (χ1n) is 5.30. The zero-order valence-electron chi connectivity index (χ0n) is 9.79. The highest BCUT2D eigenvalue weighted by atomic mass is 35.5.